The summed E-state index contributed by atoms with van der Waals surface area (Å²) in [6.45, 7) is 3.63. The lowest BCUT2D eigenvalue weighted by molar-refractivity contribution is 0.441. The summed E-state index contributed by atoms with van der Waals surface area (Å²) in [5.74, 6) is 1.41. The molecule has 0 aliphatic carbocycles. The topological polar surface area (TPSA) is 63.7 Å². The molecule has 0 radical (unpaired) electrons. The van der Waals surface area contributed by atoms with Gasteiger partial charge in [0.1, 0.15) is 11.0 Å². The maximum absolute atomic E-state index is 5.76. The van der Waals surface area contributed by atoms with Gasteiger partial charge < -0.3 is 4.74 Å². The number of H-pyrrole nitrogens is 1. The highest BCUT2D eigenvalue weighted by atomic mass is 35.5. The van der Waals surface area contributed by atoms with E-state index in [-0.39, 0.29) is 0 Å². The number of rotatable bonds is 2. The molecule has 0 aromatic carbocycles. The van der Waals surface area contributed by atoms with Crippen LogP contribution in [0.4, 0.5) is 0 Å². The molecule has 0 atom stereocenters. The van der Waals surface area contributed by atoms with Crippen LogP contribution in [-0.2, 0) is 0 Å². The van der Waals surface area contributed by atoms with Crippen LogP contribution in [0.25, 0.3) is 0 Å². The molecular weight excluding hydrogens is 216 g/mol. The van der Waals surface area contributed by atoms with Crippen LogP contribution in [-0.4, -0.2) is 20.2 Å². The molecule has 0 spiro atoms. The summed E-state index contributed by atoms with van der Waals surface area (Å²) in [6.07, 6.45) is 0. The Morgan fingerprint density at radius 3 is 2.60 bits per heavy atom. The highest BCUT2D eigenvalue weighted by Crippen LogP contribution is 2.19. The minimum absolute atomic E-state index is 0.352. The number of ether oxygens (including phenoxy) is 1. The summed E-state index contributed by atoms with van der Waals surface area (Å²) in [4.78, 5) is 7.99. The summed E-state index contributed by atoms with van der Waals surface area (Å²) >= 11 is 5.76. The fourth-order valence-corrected chi connectivity index (χ4v) is 1.33. The van der Waals surface area contributed by atoms with Crippen molar-refractivity contribution in [2.24, 2.45) is 0 Å². The van der Waals surface area contributed by atoms with Crippen LogP contribution in [0.5, 0.6) is 11.8 Å². The third-order valence-electron chi connectivity index (χ3n) is 1.67. The standard InChI is InChI=1S/C9H9ClN4O/c1-5-3-9(14-13-5)15-8-4-7(10)11-6(2)12-8/h3-4H,1-2H3,(H,13,14). The van der Waals surface area contributed by atoms with Crippen LogP contribution in [0, 0.1) is 13.8 Å². The number of nitrogens with one attached hydrogen (secondary N) is 1. The lowest BCUT2D eigenvalue weighted by Crippen LogP contribution is -1.93. The van der Waals surface area contributed by atoms with Gasteiger partial charge in [-0.3, -0.25) is 5.10 Å². The van der Waals surface area contributed by atoms with Crippen molar-refractivity contribution in [3.63, 3.8) is 0 Å². The first-order chi connectivity index (χ1) is 7.13. The van der Waals surface area contributed by atoms with E-state index in [0.717, 1.165) is 5.69 Å². The highest BCUT2D eigenvalue weighted by Gasteiger charge is 2.04. The molecule has 2 heterocycles. The van der Waals surface area contributed by atoms with Crippen molar-refractivity contribution in [1.82, 2.24) is 20.2 Å². The van der Waals surface area contributed by atoms with Crippen molar-refractivity contribution in [3.8, 4) is 11.8 Å². The van der Waals surface area contributed by atoms with Gasteiger partial charge in [0.2, 0.25) is 11.8 Å². The molecule has 0 saturated carbocycles. The van der Waals surface area contributed by atoms with Crippen LogP contribution in [0.1, 0.15) is 11.5 Å². The largest absolute Gasteiger partial charge is 0.419 e. The van der Waals surface area contributed by atoms with E-state index >= 15 is 0 Å². The summed E-state index contributed by atoms with van der Waals surface area (Å²) in [5.41, 5.74) is 0.918. The Bertz CT molecular complexity index is 462. The average molecular weight is 225 g/mol. The Hall–Kier alpha value is -1.62. The minimum atomic E-state index is 0.352. The number of halogens is 1. The van der Waals surface area contributed by atoms with Gasteiger partial charge in [-0.25, -0.2) is 4.98 Å². The zero-order chi connectivity index (χ0) is 10.8. The molecule has 0 aliphatic rings. The Morgan fingerprint density at radius 2 is 2.00 bits per heavy atom. The van der Waals surface area contributed by atoms with Gasteiger partial charge in [-0.05, 0) is 13.8 Å². The summed E-state index contributed by atoms with van der Waals surface area (Å²) in [5, 5.41) is 7.04. The van der Waals surface area contributed by atoms with Gasteiger partial charge >= 0.3 is 0 Å². The number of aromatic amines is 1. The van der Waals surface area contributed by atoms with Crippen molar-refractivity contribution in [1.29, 1.82) is 0 Å². The molecule has 2 rings (SSSR count). The molecule has 0 unspecified atom stereocenters. The third kappa shape index (κ3) is 2.44. The maximum atomic E-state index is 5.76. The average Bonchev–Trinajstić information content (AvgIpc) is 2.49. The van der Waals surface area contributed by atoms with Gasteiger partial charge in [-0.15, -0.1) is 5.10 Å². The van der Waals surface area contributed by atoms with Gasteiger partial charge in [0, 0.05) is 17.8 Å². The van der Waals surface area contributed by atoms with E-state index in [1.807, 2.05) is 6.92 Å². The molecule has 0 bridgehead atoms. The zero-order valence-electron chi connectivity index (χ0n) is 8.28. The van der Waals surface area contributed by atoms with Crippen LogP contribution in [0.15, 0.2) is 12.1 Å². The Morgan fingerprint density at radius 1 is 1.20 bits per heavy atom. The summed E-state index contributed by atoms with van der Waals surface area (Å²) < 4.78 is 5.38. The normalized spacial score (nSPS) is 10.3. The van der Waals surface area contributed by atoms with Crippen LogP contribution in [0.2, 0.25) is 5.15 Å². The van der Waals surface area contributed by atoms with Crippen LogP contribution < -0.4 is 4.74 Å². The molecule has 15 heavy (non-hydrogen) atoms. The van der Waals surface area contributed by atoms with E-state index in [0.29, 0.717) is 22.7 Å². The Kier molecular flexibility index (Phi) is 2.55. The minimum Gasteiger partial charge on any atom is -0.419 e. The van der Waals surface area contributed by atoms with Gasteiger partial charge in [0.05, 0.1) is 0 Å². The van der Waals surface area contributed by atoms with E-state index in [1.54, 1.807) is 19.1 Å². The number of hydrogen-bond donors (Lipinski definition) is 1. The number of aryl methyl sites for hydroxylation is 2. The lowest BCUT2D eigenvalue weighted by Gasteiger charge is -2.01. The van der Waals surface area contributed by atoms with E-state index in [1.165, 1.54) is 0 Å². The van der Waals surface area contributed by atoms with Gasteiger partial charge in [0.25, 0.3) is 0 Å². The Labute approximate surface area is 91.5 Å². The van der Waals surface area contributed by atoms with E-state index < -0.39 is 0 Å². The number of nitrogens with zero attached hydrogens (tertiary/aromatic N) is 3. The first-order valence-electron chi connectivity index (χ1n) is 4.34. The maximum Gasteiger partial charge on any atom is 0.240 e. The summed E-state index contributed by atoms with van der Waals surface area (Å²) in [7, 11) is 0. The third-order valence-corrected chi connectivity index (χ3v) is 1.87. The quantitative estimate of drug-likeness (QED) is 0.795. The number of aromatic nitrogens is 4. The predicted octanol–water partition coefficient (Wildman–Crippen LogP) is 2.26. The molecule has 6 heteroatoms. The number of hydrogen-bond acceptors (Lipinski definition) is 4. The molecule has 2 aromatic heterocycles. The van der Waals surface area contributed by atoms with Crippen LogP contribution in [0.3, 0.4) is 0 Å². The molecule has 78 valence electrons. The zero-order valence-corrected chi connectivity index (χ0v) is 9.04. The first-order valence-corrected chi connectivity index (χ1v) is 4.72. The van der Waals surface area contributed by atoms with E-state index in [9.17, 15) is 0 Å². The van der Waals surface area contributed by atoms with E-state index in [4.69, 9.17) is 16.3 Å². The monoisotopic (exact) mass is 224 g/mol. The van der Waals surface area contributed by atoms with Crippen molar-refractivity contribution >= 4 is 11.6 Å². The lowest BCUT2D eigenvalue weighted by atomic mass is 10.5. The van der Waals surface area contributed by atoms with Gasteiger partial charge in [-0.1, -0.05) is 11.6 Å². The van der Waals surface area contributed by atoms with Crippen molar-refractivity contribution in [2.45, 2.75) is 13.8 Å². The molecule has 0 amide bonds. The molecule has 1 N–H and O–H groups in total. The predicted molar refractivity (Wildman–Crippen MR) is 55.2 cm³/mol. The molecule has 2 aromatic rings. The smallest absolute Gasteiger partial charge is 0.240 e. The highest BCUT2D eigenvalue weighted by molar-refractivity contribution is 6.29. The molecule has 5 nitrogen and oxygen atoms in total. The van der Waals surface area contributed by atoms with Crippen molar-refractivity contribution < 1.29 is 4.74 Å². The van der Waals surface area contributed by atoms with Gasteiger partial charge in [0.15, 0.2) is 0 Å². The van der Waals surface area contributed by atoms with Gasteiger partial charge in [-0.2, -0.15) is 4.98 Å². The first kappa shape index (κ1) is 9.92. The van der Waals surface area contributed by atoms with Crippen molar-refractivity contribution in [2.75, 3.05) is 0 Å². The Balaban J connectivity index is 2.24. The second-order valence-electron chi connectivity index (χ2n) is 3.07. The van der Waals surface area contributed by atoms with Crippen molar-refractivity contribution in [3.05, 3.63) is 28.8 Å². The molecule has 0 aliphatic heterocycles. The second-order valence-corrected chi connectivity index (χ2v) is 3.45. The SMILES string of the molecule is Cc1nc(Cl)cc(Oc2cc(C)[nH]n2)n1. The summed E-state index contributed by atoms with van der Waals surface area (Å²) in [6, 6.07) is 3.31. The fraction of sp³-hybridized carbons (Fsp3) is 0.222. The molecule has 0 saturated heterocycles. The molecular formula is C9H9ClN4O. The second kappa shape index (κ2) is 3.86. The molecule has 0 fully saturated rings. The van der Waals surface area contributed by atoms with E-state index in [2.05, 4.69) is 20.2 Å². The fourth-order valence-electron chi connectivity index (χ4n) is 1.11. The van der Waals surface area contributed by atoms with Crippen LogP contribution >= 0.6 is 11.6 Å².